The molecule has 0 bridgehead atoms. The van der Waals surface area contributed by atoms with Crippen LogP contribution in [0, 0.1) is 0 Å². The van der Waals surface area contributed by atoms with Crippen LogP contribution in [0.4, 0.5) is 0 Å². The van der Waals surface area contributed by atoms with Gasteiger partial charge in [0.15, 0.2) is 17.2 Å². The number of rotatable bonds is 6. The predicted octanol–water partition coefficient (Wildman–Crippen LogP) is 12.1. The van der Waals surface area contributed by atoms with Gasteiger partial charge in [0.1, 0.15) is 0 Å². The first kappa shape index (κ1) is 29.4. The number of ether oxygens (including phenoxy) is 3. The van der Waals surface area contributed by atoms with E-state index in [0.717, 1.165) is 13.4 Å². The van der Waals surface area contributed by atoms with Crippen LogP contribution in [0.25, 0.3) is 0 Å². The maximum absolute atomic E-state index is 6.01. The van der Waals surface area contributed by atoms with Gasteiger partial charge in [0, 0.05) is 13.4 Å². The molecular weight excluding hydrogens is 1060 g/mol. The Morgan fingerprint density at radius 1 is 0.361 bits per heavy atom. The van der Waals surface area contributed by atoms with Gasteiger partial charge in [-0.25, -0.2) is 0 Å². The molecule has 0 saturated heterocycles. The Morgan fingerprint density at radius 2 is 0.556 bits per heavy atom. The molecule has 3 aromatic carbocycles. The Labute approximate surface area is 280 Å². The van der Waals surface area contributed by atoms with Crippen molar-refractivity contribution in [2.24, 2.45) is 0 Å². The molecule has 36 heavy (non-hydrogen) atoms. The summed E-state index contributed by atoms with van der Waals surface area (Å²) >= 11 is 31.3. The number of hydrogen-bond acceptors (Lipinski definition) is 6. The Balaban J connectivity index is 1.79. The third kappa shape index (κ3) is 7.32. The van der Waals surface area contributed by atoms with Crippen molar-refractivity contribution in [3.05, 3.63) is 76.7 Å². The lowest BCUT2D eigenvalue weighted by atomic mass is 10.3. The normalized spacial score (nSPS) is 10.9. The van der Waals surface area contributed by atoms with E-state index in [1.165, 1.54) is 0 Å². The van der Waals surface area contributed by atoms with Crippen molar-refractivity contribution in [2.75, 3.05) is 0 Å². The van der Waals surface area contributed by atoms with Gasteiger partial charge < -0.3 is 14.2 Å². The van der Waals surface area contributed by atoms with Gasteiger partial charge in [-0.1, -0.05) is 47.8 Å². The number of benzene rings is 3. The quantitative estimate of drug-likeness (QED) is 0.192. The van der Waals surface area contributed by atoms with Crippen molar-refractivity contribution in [1.29, 1.82) is 0 Å². The Kier molecular flexibility index (Phi) is 10.4. The zero-order chi connectivity index (χ0) is 26.1. The van der Waals surface area contributed by atoms with Gasteiger partial charge in [0.05, 0.1) is 26.8 Å². The largest absolute Gasteiger partial charge is 0.422 e. The minimum Gasteiger partial charge on any atom is -0.422 e. The average molecular weight is 1070 g/mol. The van der Waals surface area contributed by atoms with Gasteiger partial charge in [0.25, 0.3) is 0 Å². The molecule has 0 saturated carbocycles. The first-order chi connectivity index (χ1) is 17.0. The molecule has 186 valence electrons. The molecule has 0 amide bonds. The van der Waals surface area contributed by atoms with E-state index in [9.17, 15) is 0 Å². The summed E-state index contributed by atoms with van der Waals surface area (Å²) in [4.78, 5) is 13.0. The lowest BCUT2D eigenvalue weighted by molar-refractivity contribution is 0.358. The van der Waals surface area contributed by atoms with E-state index in [0.29, 0.717) is 44.1 Å². The Morgan fingerprint density at radius 3 is 0.750 bits per heavy atom. The third-order valence-corrected chi connectivity index (χ3v) is 8.95. The molecule has 0 N–H and O–H groups in total. The summed E-state index contributed by atoms with van der Waals surface area (Å²) in [5.41, 5.74) is 0. The molecule has 0 unspecified atom stereocenters. The van der Waals surface area contributed by atoms with E-state index in [4.69, 9.17) is 14.2 Å². The maximum Gasteiger partial charge on any atom is 0.331 e. The minimum absolute atomic E-state index is 0.0487. The summed E-state index contributed by atoms with van der Waals surface area (Å²) in [6.07, 6.45) is 0. The van der Waals surface area contributed by atoms with E-state index in [2.05, 4.69) is 158 Å². The van der Waals surface area contributed by atoms with E-state index >= 15 is 0 Å². The second-order valence-electron chi connectivity index (χ2n) is 6.58. The molecule has 6 nitrogen and oxygen atoms in total. The van der Waals surface area contributed by atoms with Crippen LogP contribution in [0.5, 0.6) is 35.3 Å². The fourth-order valence-electron chi connectivity index (χ4n) is 2.61. The van der Waals surface area contributed by atoms with Crippen LogP contribution in [-0.2, 0) is 0 Å². The standard InChI is InChI=1S/C21H6Br9N3O3/c22-7-1-10(25)16(11(26)2-7)34-19-31-20(35-17-12(27)3-8(23)4-13(17)28)33-21(32-19)36-18-14(29)5-9(24)6-15(18)30/h1-6H. The zero-order valence-electron chi connectivity index (χ0n) is 16.9. The second-order valence-corrected chi connectivity index (χ2v) is 14.5. The van der Waals surface area contributed by atoms with E-state index in [-0.39, 0.29) is 18.0 Å². The topological polar surface area (TPSA) is 66.4 Å². The summed E-state index contributed by atoms with van der Waals surface area (Å²) < 4.78 is 24.6. The molecule has 1 heterocycles. The van der Waals surface area contributed by atoms with E-state index in [1.54, 1.807) is 0 Å². The van der Waals surface area contributed by atoms with Crippen LogP contribution in [0.1, 0.15) is 0 Å². The van der Waals surface area contributed by atoms with E-state index < -0.39 is 0 Å². The average Bonchev–Trinajstić information content (AvgIpc) is 2.76. The van der Waals surface area contributed by atoms with Crippen molar-refractivity contribution < 1.29 is 14.2 Å². The highest BCUT2D eigenvalue weighted by atomic mass is 79.9. The zero-order valence-corrected chi connectivity index (χ0v) is 31.2. The third-order valence-electron chi connectivity index (χ3n) is 4.04. The highest BCUT2D eigenvalue weighted by molar-refractivity contribution is 9.12. The summed E-state index contributed by atoms with van der Waals surface area (Å²) in [5.74, 6) is 1.37. The van der Waals surface area contributed by atoms with Crippen LogP contribution in [0.3, 0.4) is 0 Å². The fourth-order valence-corrected chi connectivity index (χ4v) is 9.87. The van der Waals surface area contributed by atoms with Gasteiger partial charge in [-0.3, -0.25) is 0 Å². The SMILES string of the molecule is Brc1cc(Br)c(Oc2nc(Oc3c(Br)cc(Br)cc3Br)nc(Oc3c(Br)cc(Br)cc3Br)n2)c(Br)c1. The molecule has 0 spiro atoms. The van der Waals surface area contributed by atoms with Crippen LogP contribution < -0.4 is 14.2 Å². The smallest absolute Gasteiger partial charge is 0.331 e. The monoisotopic (exact) mass is 1060 g/mol. The van der Waals surface area contributed by atoms with Gasteiger partial charge >= 0.3 is 18.0 Å². The maximum atomic E-state index is 6.01. The van der Waals surface area contributed by atoms with Gasteiger partial charge in [-0.05, 0) is 132 Å². The highest BCUT2D eigenvalue weighted by Crippen LogP contribution is 2.42. The lowest BCUT2D eigenvalue weighted by Gasteiger charge is -2.14. The van der Waals surface area contributed by atoms with Crippen LogP contribution in [-0.4, -0.2) is 15.0 Å². The molecule has 0 radical (unpaired) electrons. The van der Waals surface area contributed by atoms with Gasteiger partial charge in [-0.15, -0.1) is 15.0 Å². The summed E-state index contributed by atoms with van der Waals surface area (Å²) in [7, 11) is 0. The van der Waals surface area contributed by atoms with Crippen LogP contribution in [0.2, 0.25) is 0 Å². The molecule has 0 aliphatic carbocycles. The van der Waals surface area contributed by atoms with Gasteiger partial charge in [0.2, 0.25) is 0 Å². The Hall–Kier alpha value is 0.390. The predicted molar refractivity (Wildman–Crippen MR) is 169 cm³/mol. The fraction of sp³-hybridized carbons (Fsp3) is 0. The highest BCUT2D eigenvalue weighted by Gasteiger charge is 2.19. The van der Waals surface area contributed by atoms with Gasteiger partial charge in [-0.2, -0.15) is 0 Å². The molecule has 0 aliphatic rings. The van der Waals surface area contributed by atoms with Crippen LogP contribution in [0.15, 0.2) is 76.7 Å². The molecule has 1 aromatic heterocycles. The van der Waals surface area contributed by atoms with Crippen molar-refractivity contribution in [3.63, 3.8) is 0 Å². The first-order valence-corrected chi connectivity index (χ1v) is 16.4. The minimum atomic E-state index is -0.0487. The number of halogens is 9. The second kappa shape index (κ2) is 12.7. The molecule has 15 heteroatoms. The first-order valence-electron chi connectivity index (χ1n) is 9.23. The number of nitrogens with zero attached hydrogens (tertiary/aromatic N) is 3. The van der Waals surface area contributed by atoms with Crippen LogP contribution >= 0.6 is 143 Å². The molecule has 0 aliphatic heterocycles. The molecule has 4 aromatic rings. The summed E-state index contributed by atoms with van der Waals surface area (Å²) in [6, 6.07) is 10.9. The summed E-state index contributed by atoms with van der Waals surface area (Å²) in [5, 5.41) is 0. The summed E-state index contributed by atoms with van der Waals surface area (Å²) in [6.45, 7) is 0. The molecular formula is C21H6Br9N3O3. The van der Waals surface area contributed by atoms with Crippen molar-refractivity contribution in [2.45, 2.75) is 0 Å². The molecule has 4 rings (SSSR count). The van der Waals surface area contributed by atoms with Crippen molar-refractivity contribution in [3.8, 4) is 35.3 Å². The van der Waals surface area contributed by atoms with Crippen molar-refractivity contribution in [1.82, 2.24) is 15.0 Å². The molecule has 0 atom stereocenters. The van der Waals surface area contributed by atoms with Crippen molar-refractivity contribution >= 4 is 143 Å². The lowest BCUT2D eigenvalue weighted by Crippen LogP contribution is -2.03. The molecule has 0 fully saturated rings. The van der Waals surface area contributed by atoms with E-state index in [1.807, 2.05) is 36.4 Å². The number of aromatic nitrogens is 3. The number of hydrogen-bond donors (Lipinski definition) is 0. The Bertz CT molecular complexity index is 1230.